The number of aliphatic hydroxyl groups excluding tert-OH is 1. The molecule has 0 aromatic heterocycles. The van der Waals surface area contributed by atoms with Gasteiger partial charge in [0.2, 0.25) is 0 Å². The topological polar surface area (TPSA) is 38.7 Å². The van der Waals surface area contributed by atoms with E-state index in [4.69, 9.17) is 9.47 Å². The van der Waals surface area contributed by atoms with Crippen molar-refractivity contribution in [3.8, 4) is 11.5 Å². The lowest BCUT2D eigenvalue weighted by molar-refractivity contribution is -0.0212. The zero-order chi connectivity index (χ0) is 14.2. The third-order valence-electron chi connectivity index (χ3n) is 4.42. The Hall–Kier alpha value is -2.00. The van der Waals surface area contributed by atoms with Gasteiger partial charge in [-0.05, 0) is 36.0 Å². The molecule has 1 N–H and O–H groups in total. The molecule has 0 amide bonds. The number of rotatable bonds is 3. The van der Waals surface area contributed by atoms with E-state index >= 15 is 0 Å². The number of para-hydroxylation sites is 2. The predicted octanol–water partition coefficient (Wildman–Crippen LogP) is 2.99. The van der Waals surface area contributed by atoms with Crippen LogP contribution in [-0.4, -0.2) is 23.9 Å². The van der Waals surface area contributed by atoms with Gasteiger partial charge >= 0.3 is 0 Å². The first-order valence-electron chi connectivity index (χ1n) is 7.44. The average molecular weight is 282 g/mol. The first kappa shape index (κ1) is 12.7. The van der Waals surface area contributed by atoms with Gasteiger partial charge in [0.15, 0.2) is 17.6 Å². The predicted molar refractivity (Wildman–Crippen MR) is 79.6 cm³/mol. The molecule has 3 heteroatoms. The summed E-state index contributed by atoms with van der Waals surface area (Å²) in [5.41, 5.74) is 1.30. The van der Waals surface area contributed by atoms with E-state index in [1.54, 1.807) is 0 Å². The molecule has 2 aliphatic rings. The monoisotopic (exact) mass is 282 g/mol. The molecule has 2 aromatic carbocycles. The first-order chi connectivity index (χ1) is 10.3. The molecular formula is C18H18O3. The minimum Gasteiger partial charge on any atom is -0.486 e. The van der Waals surface area contributed by atoms with Gasteiger partial charge in [0.1, 0.15) is 6.61 Å². The molecule has 1 heterocycles. The van der Waals surface area contributed by atoms with Crippen LogP contribution in [0.15, 0.2) is 54.6 Å². The molecule has 0 saturated heterocycles. The number of ether oxygens (including phenoxy) is 2. The average Bonchev–Trinajstić information content (AvgIpc) is 3.35. The lowest BCUT2D eigenvalue weighted by Gasteiger charge is -2.29. The van der Waals surface area contributed by atoms with Gasteiger partial charge in [0, 0.05) is 0 Å². The van der Waals surface area contributed by atoms with Gasteiger partial charge in [-0.2, -0.15) is 0 Å². The van der Waals surface area contributed by atoms with E-state index in [1.165, 1.54) is 5.56 Å². The standard InChI is InChI=1S/C18H18O3/c19-18(14-10-13(14)12-6-2-1-3-7-12)17-11-20-15-8-4-5-9-16(15)21-17/h1-9,13-14,17-19H,10-11H2. The number of hydrogen-bond donors (Lipinski definition) is 1. The highest BCUT2D eigenvalue weighted by Crippen LogP contribution is 2.50. The molecular weight excluding hydrogens is 264 g/mol. The molecule has 0 bridgehead atoms. The molecule has 0 spiro atoms. The molecule has 1 fully saturated rings. The molecule has 1 aliphatic heterocycles. The summed E-state index contributed by atoms with van der Waals surface area (Å²) in [5.74, 6) is 2.20. The van der Waals surface area contributed by atoms with Gasteiger partial charge in [-0.15, -0.1) is 0 Å². The van der Waals surface area contributed by atoms with Crippen LogP contribution in [0, 0.1) is 5.92 Å². The van der Waals surface area contributed by atoms with Crippen LogP contribution in [0.5, 0.6) is 11.5 Å². The molecule has 1 saturated carbocycles. The summed E-state index contributed by atoms with van der Waals surface area (Å²) < 4.78 is 11.6. The SMILES string of the molecule is OC(C1COc2ccccc2O1)C1CC1c1ccccc1. The quantitative estimate of drug-likeness (QED) is 0.940. The van der Waals surface area contributed by atoms with Gasteiger partial charge in [0.05, 0.1) is 6.10 Å². The molecule has 4 atom stereocenters. The molecule has 1 aliphatic carbocycles. The summed E-state index contributed by atoms with van der Waals surface area (Å²) >= 11 is 0. The maximum atomic E-state index is 10.6. The number of hydrogen-bond acceptors (Lipinski definition) is 3. The van der Waals surface area contributed by atoms with Gasteiger partial charge in [-0.1, -0.05) is 42.5 Å². The Kier molecular flexibility index (Phi) is 3.08. The zero-order valence-corrected chi connectivity index (χ0v) is 11.7. The van der Waals surface area contributed by atoms with Crippen LogP contribution in [-0.2, 0) is 0 Å². The highest BCUT2D eigenvalue weighted by atomic mass is 16.6. The summed E-state index contributed by atoms with van der Waals surface area (Å²) in [7, 11) is 0. The lowest BCUT2D eigenvalue weighted by atomic mass is 10.0. The molecule has 21 heavy (non-hydrogen) atoms. The Morgan fingerprint density at radius 3 is 2.48 bits per heavy atom. The van der Waals surface area contributed by atoms with Crippen LogP contribution < -0.4 is 9.47 Å². The fraction of sp³-hybridized carbons (Fsp3) is 0.333. The van der Waals surface area contributed by atoms with E-state index < -0.39 is 6.10 Å². The van der Waals surface area contributed by atoms with Gasteiger partial charge in [-0.3, -0.25) is 0 Å². The van der Waals surface area contributed by atoms with Crippen molar-refractivity contribution in [1.29, 1.82) is 0 Å². The van der Waals surface area contributed by atoms with Crippen LogP contribution in [0.4, 0.5) is 0 Å². The summed E-state index contributed by atoms with van der Waals surface area (Å²) in [6, 6.07) is 18.0. The molecule has 4 rings (SSSR count). The van der Waals surface area contributed by atoms with Crippen LogP contribution >= 0.6 is 0 Å². The van der Waals surface area contributed by atoms with E-state index in [9.17, 15) is 5.11 Å². The van der Waals surface area contributed by atoms with E-state index in [1.807, 2.05) is 42.5 Å². The number of fused-ring (bicyclic) bond motifs is 1. The van der Waals surface area contributed by atoms with Crippen LogP contribution in [0.25, 0.3) is 0 Å². The van der Waals surface area contributed by atoms with Crippen molar-refractivity contribution in [3.05, 3.63) is 60.2 Å². The van der Waals surface area contributed by atoms with E-state index in [-0.39, 0.29) is 12.0 Å². The zero-order valence-electron chi connectivity index (χ0n) is 11.7. The van der Waals surface area contributed by atoms with Crippen molar-refractivity contribution in [2.75, 3.05) is 6.61 Å². The highest BCUT2D eigenvalue weighted by molar-refractivity contribution is 5.41. The van der Waals surface area contributed by atoms with Gasteiger partial charge < -0.3 is 14.6 Å². The molecule has 4 unspecified atom stereocenters. The fourth-order valence-electron chi connectivity index (χ4n) is 3.16. The lowest BCUT2D eigenvalue weighted by Crippen LogP contribution is -2.41. The molecule has 108 valence electrons. The van der Waals surface area contributed by atoms with Crippen molar-refractivity contribution in [1.82, 2.24) is 0 Å². The second kappa shape index (κ2) is 5.08. The van der Waals surface area contributed by atoms with Crippen molar-refractivity contribution in [3.63, 3.8) is 0 Å². The Bertz CT molecular complexity index is 625. The molecule has 3 nitrogen and oxygen atoms in total. The minimum absolute atomic E-state index is 0.270. The van der Waals surface area contributed by atoms with Crippen LogP contribution in [0.2, 0.25) is 0 Å². The smallest absolute Gasteiger partial charge is 0.161 e. The maximum Gasteiger partial charge on any atom is 0.161 e. The number of aliphatic hydroxyl groups is 1. The Labute approximate surface area is 124 Å². The Morgan fingerprint density at radius 2 is 1.67 bits per heavy atom. The minimum atomic E-state index is -0.483. The van der Waals surface area contributed by atoms with E-state index in [0.717, 1.165) is 17.9 Å². The van der Waals surface area contributed by atoms with Crippen molar-refractivity contribution in [2.45, 2.75) is 24.5 Å². The van der Waals surface area contributed by atoms with Gasteiger partial charge in [-0.25, -0.2) is 0 Å². The largest absolute Gasteiger partial charge is 0.486 e. The molecule has 2 aromatic rings. The third-order valence-corrected chi connectivity index (χ3v) is 4.42. The van der Waals surface area contributed by atoms with Crippen molar-refractivity contribution < 1.29 is 14.6 Å². The molecule has 0 radical (unpaired) electrons. The summed E-state index contributed by atoms with van der Waals surface area (Å²) in [5, 5.41) is 10.6. The number of benzene rings is 2. The maximum absolute atomic E-state index is 10.6. The second-order valence-electron chi connectivity index (χ2n) is 5.82. The van der Waals surface area contributed by atoms with Crippen molar-refractivity contribution in [2.24, 2.45) is 5.92 Å². The summed E-state index contributed by atoms with van der Waals surface area (Å²) in [6.07, 6.45) is 0.259. The van der Waals surface area contributed by atoms with Crippen molar-refractivity contribution >= 4 is 0 Å². The van der Waals surface area contributed by atoms with E-state index in [0.29, 0.717) is 12.5 Å². The third kappa shape index (κ3) is 2.38. The second-order valence-corrected chi connectivity index (χ2v) is 5.82. The highest BCUT2D eigenvalue weighted by Gasteiger charge is 2.47. The Balaban J connectivity index is 1.45. The summed E-state index contributed by atoms with van der Waals surface area (Å²) in [6.45, 7) is 0.413. The van der Waals surface area contributed by atoms with E-state index in [2.05, 4.69) is 12.1 Å². The van der Waals surface area contributed by atoms with Crippen LogP contribution in [0.1, 0.15) is 17.9 Å². The summed E-state index contributed by atoms with van der Waals surface area (Å²) in [4.78, 5) is 0. The fourth-order valence-corrected chi connectivity index (χ4v) is 3.16. The Morgan fingerprint density at radius 1 is 0.952 bits per heavy atom. The van der Waals surface area contributed by atoms with Gasteiger partial charge in [0.25, 0.3) is 0 Å². The normalized spacial score (nSPS) is 28.0. The first-order valence-corrected chi connectivity index (χ1v) is 7.44. The van der Waals surface area contributed by atoms with Crippen LogP contribution in [0.3, 0.4) is 0 Å².